The van der Waals surface area contributed by atoms with Gasteiger partial charge in [0, 0.05) is 12.1 Å². The van der Waals surface area contributed by atoms with Gasteiger partial charge in [-0.1, -0.05) is 29.8 Å². The molecule has 0 aliphatic heterocycles. The van der Waals surface area contributed by atoms with Gasteiger partial charge in [-0.05, 0) is 59.9 Å². The molecule has 0 saturated heterocycles. The fraction of sp³-hybridized carbons (Fsp3) is 0.583. The molecule has 0 spiro atoms. The van der Waals surface area contributed by atoms with Gasteiger partial charge in [0.2, 0.25) is 17.7 Å². The predicted molar refractivity (Wildman–Crippen MR) is 124 cm³/mol. The number of benzene rings is 1. The van der Waals surface area contributed by atoms with Gasteiger partial charge in [0.15, 0.2) is 0 Å². The Morgan fingerprint density at radius 3 is 2.27 bits per heavy atom. The van der Waals surface area contributed by atoms with Crippen LogP contribution in [-0.2, 0) is 19.1 Å². The van der Waals surface area contributed by atoms with Crippen molar-refractivity contribution in [2.24, 2.45) is 5.73 Å². The summed E-state index contributed by atoms with van der Waals surface area (Å²) < 4.78 is 5.26. The molecule has 4 N–H and O–H groups in total. The van der Waals surface area contributed by atoms with Crippen molar-refractivity contribution < 1.29 is 23.9 Å². The summed E-state index contributed by atoms with van der Waals surface area (Å²) in [6.45, 7) is 10.7. The second-order valence-corrected chi connectivity index (χ2v) is 9.83. The fourth-order valence-electron chi connectivity index (χ4n) is 3.54. The van der Waals surface area contributed by atoms with Gasteiger partial charge >= 0.3 is 6.09 Å². The number of carbonyl (C=O) groups is 4. The molecule has 0 radical (unpaired) electrons. The Balaban J connectivity index is 2.44. The molecule has 0 aromatic heterocycles. The second-order valence-electron chi connectivity index (χ2n) is 9.83. The number of carbonyl (C=O) groups excluding carboxylic acids is 4. The Kier molecular flexibility index (Phi) is 8.46. The van der Waals surface area contributed by atoms with Gasteiger partial charge < -0.3 is 26.0 Å². The molecule has 4 amide bonds. The normalized spacial score (nSPS) is 15.4. The molecule has 182 valence electrons. The predicted octanol–water partition coefficient (Wildman–Crippen LogP) is 2.32. The van der Waals surface area contributed by atoms with E-state index in [0.717, 1.165) is 18.4 Å². The maximum atomic E-state index is 13.7. The molecule has 2 unspecified atom stereocenters. The van der Waals surface area contributed by atoms with Crippen molar-refractivity contribution in [3.63, 3.8) is 0 Å². The van der Waals surface area contributed by atoms with Crippen LogP contribution in [0.5, 0.6) is 0 Å². The maximum absolute atomic E-state index is 13.7. The molecule has 2 atom stereocenters. The van der Waals surface area contributed by atoms with E-state index in [0.29, 0.717) is 5.56 Å². The van der Waals surface area contributed by atoms with E-state index in [1.165, 1.54) is 4.90 Å². The minimum absolute atomic E-state index is 0.137. The van der Waals surface area contributed by atoms with Crippen LogP contribution in [0.2, 0.25) is 0 Å². The molecular formula is C24H36N4O5. The molecule has 2 rings (SSSR count). The molecule has 9 heteroatoms. The van der Waals surface area contributed by atoms with Crippen LogP contribution in [-0.4, -0.2) is 52.4 Å². The standard InChI is InChI=1S/C24H36N4O5/c1-14(2)26-21(30)20(16-9-7-8-15(3)12-16)28(17-10-11-17)22(31)18(13-19(25)29)27-23(32)33-24(4,5)6/h7-9,12,14,17-18,20H,10-11,13H2,1-6H3,(H2,25,29)(H,26,30)(H,27,32). The minimum atomic E-state index is -1.25. The first-order chi connectivity index (χ1) is 15.3. The lowest BCUT2D eigenvalue weighted by molar-refractivity contribution is -0.144. The van der Waals surface area contributed by atoms with E-state index in [1.807, 2.05) is 39.0 Å². The highest BCUT2D eigenvalue weighted by molar-refractivity contribution is 5.95. The second kappa shape index (κ2) is 10.7. The first-order valence-corrected chi connectivity index (χ1v) is 11.3. The number of hydrogen-bond donors (Lipinski definition) is 3. The van der Waals surface area contributed by atoms with Crippen LogP contribution in [0.15, 0.2) is 24.3 Å². The zero-order valence-electron chi connectivity index (χ0n) is 20.3. The lowest BCUT2D eigenvalue weighted by Crippen LogP contribution is -2.55. The van der Waals surface area contributed by atoms with Crippen LogP contribution in [0, 0.1) is 6.92 Å². The van der Waals surface area contributed by atoms with E-state index in [4.69, 9.17) is 10.5 Å². The summed E-state index contributed by atoms with van der Waals surface area (Å²) in [6, 6.07) is 4.90. The van der Waals surface area contributed by atoms with Crippen molar-refractivity contribution in [3.8, 4) is 0 Å². The molecule has 0 heterocycles. The summed E-state index contributed by atoms with van der Waals surface area (Å²) in [4.78, 5) is 52.6. The summed E-state index contributed by atoms with van der Waals surface area (Å²) in [5.41, 5.74) is 6.19. The lowest BCUT2D eigenvalue weighted by Gasteiger charge is -2.35. The molecule has 33 heavy (non-hydrogen) atoms. The van der Waals surface area contributed by atoms with Gasteiger partial charge in [-0.25, -0.2) is 4.79 Å². The van der Waals surface area contributed by atoms with E-state index >= 15 is 0 Å². The molecule has 0 bridgehead atoms. The smallest absolute Gasteiger partial charge is 0.408 e. The number of nitrogens with two attached hydrogens (primary N) is 1. The van der Waals surface area contributed by atoms with Crippen LogP contribution in [0.1, 0.15) is 71.0 Å². The lowest BCUT2D eigenvalue weighted by atomic mass is 10.00. The van der Waals surface area contributed by atoms with Crippen LogP contribution < -0.4 is 16.4 Å². The zero-order chi connectivity index (χ0) is 24.9. The van der Waals surface area contributed by atoms with Crippen molar-refractivity contribution in [2.75, 3.05) is 0 Å². The number of amides is 4. The van der Waals surface area contributed by atoms with Crippen LogP contribution >= 0.6 is 0 Å². The Bertz CT molecular complexity index is 889. The van der Waals surface area contributed by atoms with Crippen molar-refractivity contribution >= 4 is 23.8 Å². The van der Waals surface area contributed by atoms with E-state index < -0.39 is 42.0 Å². The Labute approximate surface area is 195 Å². The maximum Gasteiger partial charge on any atom is 0.408 e. The third kappa shape index (κ3) is 8.07. The molecule has 1 aromatic carbocycles. The number of primary amides is 1. The van der Waals surface area contributed by atoms with Crippen LogP contribution in [0.4, 0.5) is 4.79 Å². The topological polar surface area (TPSA) is 131 Å². The van der Waals surface area contributed by atoms with Crippen molar-refractivity contribution in [1.29, 1.82) is 0 Å². The van der Waals surface area contributed by atoms with Gasteiger partial charge in [-0.15, -0.1) is 0 Å². The number of nitrogens with one attached hydrogen (secondary N) is 2. The third-order valence-electron chi connectivity index (χ3n) is 4.90. The number of rotatable bonds is 9. The molecule has 1 saturated carbocycles. The van der Waals surface area contributed by atoms with Gasteiger partial charge in [-0.2, -0.15) is 0 Å². The number of nitrogens with zero attached hydrogens (tertiary/aromatic N) is 1. The van der Waals surface area contributed by atoms with Crippen molar-refractivity contribution in [1.82, 2.24) is 15.5 Å². The number of aryl methyl sites for hydroxylation is 1. The summed E-state index contributed by atoms with van der Waals surface area (Å²) in [7, 11) is 0. The van der Waals surface area contributed by atoms with E-state index in [1.54, 1.807) is 26.8 Å². The van der Waals surface area contributed by atoms with Gasteiger partial charge in [0.05, 0.1) is 6.42 Å². The minimum Gasteiger partial charge on any atom is -0.444 e. The Morgan fingerprint density at radius 1 is 1.15 bits per heavy atom. The molecule has 1 aromatic rings. The van der Waals surface area contributed by atoms with E-state index in [-0.39, 0.29) is 18.0 Å². The molecule has 1 aliphatic carbocycles. The van der Waals surface area contributed by atoms with Gasteiger partial charge in [0.1, 0.15) is 17.7 Å². The highest BCUT2D eigenvalue weighted by atomic mass is 16.6. The highest BCUT2D eigenvalue weighted by Gasteiger charge is 2.44. The highest BCUT2D eigenvalue weighted by Crippen LogP contribution is 2.36. The number of hydrogen-bond acceptors (Lipinski definition) is 5. The third-order valence-corrected chi connectivity index (χ3v) is 4.90. The average Bonchev–Trinajstić information content (AvgIpc) is 3.47. The molecule has 1 fully saturated rings. The summed E-state index contributed by atoms with van der Waals surface area (Å²) >= 11 is 0. The number of ether oxygens (including phenoxy) is 1. The summed E-state index contributed by atoms with van der Waals surface area (Å²) in [6.07, 6.45) is 0.196. The van der Waals surface area contributed by atoms with Gasteiger partial charge in [0.25, 0.3) is 0 Å². The summed E-state index contributed by atoms with van der Waals surface area (Å²) in [5, 5.41) is 5.37. The average molecular weight is 461 g/mol. The number of alkyl carbamates (subject to hydrolysis) is 1. The molecule has 1 aliphatic rings. The largest absolute Gasteiger partial charge is 0.444 e. The fourth-order valence-corrected chi connectivity index (χ4v) is 3.54. The molecule has 9 nitrogen and oxygen atoms in total. The first kappa shape index (κ1) is 26.2. The van der Waals surface area contributed by atoms with E-state index in [9.17, 15) is 19.2 Å². The Morgan fingerprint density at radius 2 is 1.79 bits per heavy atom. The SMILES string of the molecule is Cc1cccc(C(C(=O)NC(C)C)N(C(=O)C(CC(N)=O)NC(=O)OC(C)(C)C)C2CC2)c1. The zero-order valence-corrected chi connectivity index (χ0v) is 20.3. The van der Waals surface area contributed by atoms with Crippen molar-refractivity contribution in [2.45, 2.75) is 90.6 Å². The van der Waals surface area contributed by atoms with Crippen LogP contribution in [0.3, 0.4) is 0 Å². The van der Waals surface area contributed by atoms with Gasteiger partial charge in [-0.3, -0.25) is 14.4 Å². The van der Waals surface area contributed by atoms with Crippen molar-refractivity contribution in [3.05, 3.63) is 35.4 Å². The van der Waals surface area contributed by atoms with E-state index in [2.05, 4.69) is 10.6 Å². The quantitative estimate of drug-likeness (QED) is 0.520. The van der Waals surface area contributed by atoms with Crippen LogP contribution in [0.25, 0.3) is 0 Å². The first-order valence-electron chi connectivity index (χ1n) is 11.3. The Hall–Kier alpha value is -3.10. The summed E-state index contributed by atoms with van der Waals surface area (Å²) in [5.74, 6) is -1.63. The monoisotopic (exact) mass is 460 g/mol. The molecular weight excluding hydrogens is 424 g/mol.